The van der Waals surface area contributed by atoms with Gasteiger partial charge < -0.3 is 0 Å². The summed E-state index contributed by atoms with van der Waals surface area (Å²) in [5.74, 6) is -0.00639. The Hall–Kier alpha value is -0.840. The lowest BCUT2D eigenvalue weighted by molar-refractivity contribution is -0.131. The number of hydrogen-bond donors (Lipinski definition) is 0. The van der Waals surface area contributed by atoms with E-state index in [4.69, 9.17) is 5.26 Å². The second-order valence-electron chi connectivity index (χ2n) is 6.04. The molecule has 0 spiro atoms. The molecular weight excluding hydrogens is 198 g/mol. The van der Waals surface area contributed by atoms with Gasteiger partial charge in [-0.1, -0.05) is 40.5 Å². The maximum Gasteiger partial charge on any atom is 0.153 e. The molecule has 90 valence electrons. The highest BCUT2D eigenvalue weighted by Crippen LogP contribution is 2.42. The number of nitrogens with zero attached hydrogens (tertiary/aromatic N) is 1. The molecule has 1 rings (SSSR count). The molecule has 0 aromatic rings. The minimum Gasteiger partial charge on any atom is -0.298 e. The average Bonchev–Trinajstić information content (AvgIpc) is 2.17. The second-order valence-corrected chi connectivity index (χ2v) is 6.04. The number of carbonyl (C=O) groups excluding carboxylic acids is 1. The van der Waals surface area contributed by atoms with Gasteiger partial charge in [0, 0.05) is 5.92 Å². The number of ketones is 1. The third kappa shape index (κ3) is 2.64. The monoisotopic (exact) mass is 221 g/mol. The SMILES string of the molecule is CC(C)C(C#N)C(=O)C1CCCCC1(C)C. The molecule has 0 radical (unpaired) electrons. The third-order valence-corrected chi connectivity index (χ3v) is 3.96. The molecule has 2 atom stereocenters. The molecule has 0 amide bonds. The van der Waals surface area contributed by atoms with Crippen molar-refractivity contribution >= 4 is 5.78 Å². The summed E-state index contributed by atoms with van der Waals surface area (Å²) in [7, 11) is 0. The molecule has 0 aliphatic heterocycles. The first-order valence-electron chi connectivity index (χ1n) is 6.33. The minimum absolute atomic E-state index is 0.0827. The predicted molar refractivity (Wildman–Crippen MR) is 64.7 cm³/mol. The largest absolute Gasteiger partial charge is 0.298 e. The first-order valence-corrected chi connectivity index (χ1v) is 6.33. The predicted octanol–water partition coefficient (Wildman–Crippen LogP) is 3.57. The smallest absolute Gasteiger partial charge is 0.153 e. The molecule has 0 aromatic carbocycles. The van der Waals surface area contributed by atoms with E-state index in [-0.39, 0.29) is 23.0 Å². The normalized spacial score (nSPS) is 26.1. The highest BCUT2D eigenvalue weighted by atomic mass is 16.1. The van der Waals surface area contributed by atoms with Crippen LogP contribution in [0.1, 0.15) is 53.4 Å². The fourth-order valence-electron chi connectivity index (χ4n) is 2.78. The van der Waals surface area contributed by atoms with Crippen LogP contribution in [0.2, 0.25) is 0 Å². The summed E-state index contributed by atoms with van der Waals surface area (Å²) >= 11 is 0. The van der Waals surface area contributed by atoms with Crippen LogP contribution in [-0.4, -0.2) is 5.78 Å². The summed E-state index contributed by atoms with van der Waals surface area (Å²) in [6, 6.07) is 2.19. The van der Waals surface area contributed by atoms with E-state index in [9.17, 15) is 4.79 Å². The highest BCUT2D eigenvalue weighted by Gasteiger charge is 2.40. The molecule has 0 aromatic heterocycles. The van der Waals surface area contributed by atoms with Gasteiger partial charge in [0.2, 0.25) is 0 Å². The zero-order valence-corrected chi connectivity index (χ0v) is 10.9. The van der Waals surface area contributed by atoms with Crippen molar-refractivity contribution in [2.45, 2.75) is 53.4 Å². The van der Waals surface area contributed by atoms with E-state index in [0.29, 0.717) is 0 Å². The van der Waals surface area contributed by atoms with E-state index in [1.165, 1.54) is 6.42 Å². The Balaban J connectivity index is 2.83. The highest BCUT2D eigenvalue weighted by molar-refractivity contribution is 5.86. The minimum atomic E-state index is -0.414. The van der Waals surface area contributed by atoms with Crippen molar-refractivity contribution in [3.63, 3.8) is 0 Å². The molecule has 1 aliphatic rings. The van der Waals surface area contributed by atoms with Gasteiger partial charge in [-0.25, -0.2) is 0 Å². The number of nitriles is 1. The van der Waals surface area contributed by atoms with E-state index >= 15 is 0 Å². The van der Waals surface area contributed by atoms with Crippen LogP contribution < -0.4 is 0 Å². The van der Waals surface area contributed by atoms with E-state index in [1.807, 2.05) is 13.8 Å². The summed E-state index contributed by atoms with van der Waals surface area (Å²) < 4.78 is 0. The van der Waals surface area contributed by atoms with Gasteiger partial charge in [-0.3, -0.25) is 4.79 Å². The molecule has 1 fully saturated rings. The zero-order chi connectivity index (χ0) is 12.3. The average molecular weight is 221 g/mol. The van der Waals surface area contributed by atoms with Gasteiger partial charge >= 0.3 is 0 Å². The molecule has 0 saturated heterocycles. The van der Waals surface area contributed by atoms with Crippen LogP contribution in [0.25, 0.3) is 0 Å². The lowest BCUT2D eigenvalue weighted by Gasteiger charge is -2.38. The molecule has 0 heterocycles. The maximum absolute atomic E-state index is 12.4. The summed E-state index contributed by atoms with van der Waals surface area (Å²) in [5.41, 5.74) is 0.0827. The Morgan fingerprint density at radius 2 is 2.00 bits per heavy atom. The van der Waals surface area contributed by atoms with Gasteiger partial charge in [-0.05, 0) is 24.2 Å². The third-order valence-electron chi connectivity index (χ3n) is 3.96. The van der Waals surface area contributed by atoms with Crippen molar-refractivity contribution in [3.8, 4) is 6.07 Å². The van der Waals surface area contributed by atoms with Crippen LogP contribution >= 0.6 is 0 Å². The van der Waals surface area contributed by atoms with Crippen molar-refractivity contribution in [3.05, 3.63) is 0 Å². The van der Waals surface area contributed by atoms with Gasteiger partial charge in [-0.2, -0.15) is 5.26 Å². The first-order chi connectivity index (χ1) is 7.40. The van der Waals surface area contributed by atoms with Crippen LogP contribution in [-0.2, 0) is 4.79 Å². The molecule has 16 heavy (non-hydrogen) atoms. The fraction of sp³-hybridized carbons (Fsp3) is 0.857. The maximum atomic E-state index is 12.4. The van der Waals surface area contributed by atoms with Crippen molar-refractivity contribution in [1.29, 1.82) is 5.26 Å². The van der Waals surface area contributed by atoms with E-state index in [1.54, 1.807) is 0 Å². The van der Waals surface area contributed by atoms with Crippen LogP contribution in [0.3, 0.4) is 0 Å². The van der Waals surface area contributed by atoms with Gasteiger partial charge in [0.25, 0.3) is 0 Å². The lowest BCUT2D eigenvalue weighted by atomic mass is 9.64. The Kier molecular flexibility index (Phi) is 4.13. The zero-order valence-electron chi connectivity index (χ0n) is 10.9. The summed E-state index contributed by atoms with van der Waals surface area (Å²) in [6.45, 7) is 8.26. The van der Waals surface area contributed by atoms with E-state index < -0.39 is 5.92 Å². The van der Waals surface area contributed by atoms with Gasteiger partial charge in [-0.15, -0.1) is 0 Å². The Morgan fingerprint density at radius 3 is 2.44 bits per heavy atom. The molecule has 1 aliphatic carbocycles. The number of hydrogen-bond acceptors (Lipinski definition) is 2. The van der Waals surface area contributed by atoms with Crippen molar-refractivity contribution in [1.82, 2.24) is 0 Å². The van der Waals surface area contributed by atoms with Crippen LogP contribution in [0.5, 0.6) is 0 Å². The number of Topliss-reactive ketones (excluding diaryl/α,β-unsaturated/α-hetero) is 1. The molecule has 2 heteroatoms. The fourth-order valence-corrected chi connectivity index (χ4v) is 2.78. The van der Waals surface area contributed by atoms with Crippen LogP contribution in [0.15, 0.2) is 0 Å². The van der Waals surface area contributed by atoms with Crippen LogP contribution in [0, 0.1) is 34.5 Å². The lowest BCUT2D eigenvalue weighted by Crippen LogP contribution is -2.38. The molecule has 1 saturated carbocycles. The molecule has 0 N–H and O–H groups in total. The standard InChI is InChI=1S/C14H23NO/c1-10(2)11(9-15)13(16)12-7-5-6-8-14(12,3)4/h10-12H,5-8H2,1-4H3. The second kappa shape index (κ2) is 4.99. The van der Waals surface area contributed by atoms with Gasteiger partial charge in [0.05, 0.1) is 6.07 Å². The van der Waals surface area contributed by atoms with E-state index in [0.717, 1.165) is 19.3 Å². The summed E-state index contributed by atoms with van der Waals surface area (Å²) in [5, 5.41) is 9.10. The first kappa shape index (κ1) is 13.2. The van der Waals surface area contributed by atoms with Gasteiger partial charge in [0.15, 0.2) is 5.78 Å². The molecule has 2 nitrogen and oxygen atoms in total. The quantitative estimate of drug-likeness (QED) is 0.731. The van der Waals surface area contributed by atoms with Crippen molar-refractivity contribution < 1.29 is 4.79 Å². The Bertz CT molecular complexity index is 298. The van der Waals surface area contributed by atoms with Crippen molar-refractivity contribution in [2.24, 2.45) is 23.2 Å². The Labute approximate surface area is 99.0 Å². The van der Waals surface area contributed by atoms with Crippen LogP contribution in [0.4, 0.5) is 0 Å². The summed E-state index contributed by atoms with van der Waals surface area (Å²) in [6.07, 6.45) is 4.43. The number of carbonyl (C=O) groups is 1. The number of rotatable bonds is 3. The molecule has 2 unspecified atom stereocenters. The summed E-state index contributed by atoms with van der Waals surface area (Å²) in [4.78, 5) is 12.4. The molecule has 0 bridgehead atoms. The van der Waals surface area contributed by atoms with Gasteiger partial charge in [0.1, 0.15) is 5.92 Å². The topological polar surface area (TPSA) is 40.9 Å². The van der Waals surface area contributed by atoms with Crippen molar-refractivity contribution in [2.75, 3.05) is 0 Å². The van der Waals surface area contributed by atoms with E-state index in [2.05, 4.69) is 19.9 Å². The molecular formula is C14H23NO. The Morgan fingerprint density at radius 1 is 1.38 bits per heavy atom.